The first-order valence-corrected chi connectivity index (χ1v) is 27.5. The Morgan fingerprint density at radius 2 is 1.18 bits per heavy atom. The Hall–Kier alpha value is -7.22. The SMILES string of the molecule is CCCCc1ccc2c(c1)-c1nc-2nc2[nH]c(nc3nc(nc4[nH]c(n1)c1ccc(CCCC)cc41)-c1ccc(CCCC)cc1-3)c1cccc(C#C[C@]3(O)CC[C@H]4[C@@H]5CCc6cc(O)ccc6[C@H]5CC[C@@]43C)c21. The number of unbranched alkanes of at least 4 members (excludes halogenated alkanes) is 3. The molecule has 74 heavy (non-hydrogen) atoms. The molecule has 5 aliphatic rings. The van der Waals surface area contributed by atoms with Gasteiger partial charge in [0.15, 0.2) is 23.3 Å². The molecule has 8 bridgehead atoms. The van der Waals surface area contributed by atoms with E-state index in [4.69, 9.17) is 29.9 Å². The monoisotopic (exact) mass is 977 g/mol. The predicted octanol–water partition coefficient (Wildman–Crippen LogP) is 14.2. The first-order valence-electron chi connectivity index (χ1n) is 27.5. The number of hydrogen-bond donors (Lipinski definition) is 4. The van der Waals surface area contributed by atoms with Gasteiger partial charge in [-0.3, -0.25) is 0 Å². The van der Waals surface area contributed by atoms with Crippen molar-refractivity contribution in [2.24, 2.45) is 17.3 Å². The molecule has 8 aromatic rings. The molecule has 0 unspecified atom stereocenters. The van der Waals surface area contributed by atoms with Crippen molar-refractivity contribution in [2.45, 2.75) is 136 Å². The van der Waals surface area contributed by atoms with Gasteiger partial charge in [0.2, 0.25) is 0 Å². The van der Waals surface area contributed by atoms with Crippen molar-refractivity contribution in [3.05, 3.63) is 124 Å². The van der Waals surface area contributed by atoms with Crippen LogP contribution in [0.15, 0.2) is 91.0 Å². The summed E-state index contributed by atoms with van der Waals surface area (Å²) in [6.45, 7) is 8.98. The van der Waals surface area contributed by atoms with Crippen molar-refractivity contribution in [2.75, 3.05) is 0 Å². The van der Waals surface area contributed by atoms with Gasteiger partial charge in [0.05, 0.1) is 0 Å². The molecule has 10 nitrogen and oxygen atoms in total. The average Bonchev–Trinajstić information content (AvgIpc) is 4.20. The largest absolute Gasteiger partial charge is 0.508 e. The lowest BCUT2D eigenvalue weighted by atomic mass is 9.53. The molecule has 5 atom stereocenters. The van der Waals surface area contributed by atoms with Gasteiger partial charge in [-0.15, -0.1) is 0 Å². The number of aryl methyl sites for hydroxylation is 4. The number of rotatable bonds is 9. The molecule has 10 heteroatoms. The molecule has 2 saturated carbocycles. The number of H-pyrrole nitrogens is 2. The Morgan fingerprint density at radius 1 is 0.581 bits per heavy atom. The van der Waals surface area contributed by atoms with E-state index in [-0.39, 0.29) is 5.41 Å². The Bertz CT molecular complexity index is 3810. The number of phenolic OH excluding ortho intramolecular Hbond substituents is 1. The molecule has 0 radical (unpaired) electrons. The van der Waals surface area contributed by atoms with Crippen LogP contribution in [0.2, 0.25) is 0 Å². The summed E-state index contributed by atoms with van der Waals surface area (Å²) in [4.78, 5) is 39.6. The van der Waals surface area contributed by atoms with Gasteiger partial charge in [0.1, 0.15) is 33.9 Å². The number of aromatic amines is 2. The molecule has 0 spiro atoms. The number of phenols is 1. The second kappa shape index (κ2) is 18.3. The Balaban J connectivity index is 1.03. The molecule has 3 aromatic heterocycles. The fourth-order valence-corrected chi connectivity index (χ4v) is 13.7. The summed E-state index contributed by atoms with van der Waals surface area (Å²) in [5.74, 6) is 11.1. The lowest BCUT2D eigenvalue weighted by Crippen LogP contribution is -2.50. The fraction of sp³-hybridized carbons (Fsp3) is 0.375. The summed E-state index contributed by atoms with van der Waals surface area (Å²) < 4.78 is 0. The van der Waals surface area contributed by atoms with E-state index in [1.165, 1.54) is 27.8 Å². The standard InChI is InChI=1S/C64H64N8O2/c1-5-8-12-37-17-22-46-50(33-37)59-65-55(46)67-60-52-35-39(14-10-7-3)19-24-48(52)57(69-60)71-62-54-40(15-11-16-49(54)58(72-62)70-61-51-34-38(13-9-6-2)18-23-47(51)56(66-59)68-61)27-31-64(74)32-29-53-45-25-20-41-36-42(73)21-26-43(41)44(45)28-30-63(53,64)4/h11,15-19,21-24,26,33-36,44-45,53,73-74H,5-10,12-14,20,25,28-30,32H2,1-4H3,(H2,65,66,67,68,69,70,71,72)/t44-,45-,53+,63+,64+/m1/s1. The Labute approximate surface area is 432 Å². The van der Waals surface area contributed by atoms with Crippen molar-refractivity contribution in [3.63, 3.8) is 0 Å². The van der Waals surface area contributed by atoms with Gasteiger partial charge in [0.25, 0.3) is 0 Å². The molecule has 2 aliphatic heterocycles. The number of fused-ring (bicyclic) bond motifs is 25. The molecular formula is C64H64N8O2. The van der Waals surface area contributed by atoms with Crippen LogP contribution in [0.4, 0.5) is 0 Å². The zero-order valence-electron chi connectivity index (χ0n) is 43.1. The maximum atomic E-state index is 12.9. The van der Waals surface area contributed by atoms with E-state index in [9.17, 15) is 10.2 Å². The van der Waals surface area contributed by atoms with Crippen LogP contribution in [0.1, 0.15) is 138 Å². The minimum absolute atomic E-state index is 0.344. The van der Waals surface area contributed by atoms with E-state index in [1.54, 1.807) is 0 Å². The van der Waals surface area contributed by atoms with Crippen LogP contribution in [0.5, 0.6) is 5.75 Å². The molecule has 13 rings (SSSR count). The summed E-state index contributed by atoms with van der Waals surface area (Å²) in [7, 11) is 0. The molecule has 3 aliphatic carbocycles. The van der Waals surface area contributed by atoms with Gasteiger partial charge < -0.3 is 20.2 Å². The highest BCUT2D eigenvalue weighted by atomic mass is 16.3. The van der Waals surface area contributed by atoms with Gasteiger partial charge in [-0.05, 0) is 159 Å². The van der Waals surface area contributed by atoms with E-state index in [0.717, 1.165) is 139 Å². The van der Waals surface area contributed by atoms with Gasteiger partial charge in [-0.25, -0.2) is 29.9 Å². The smallest absolute Gasteiger partial charge is 0.164 e. The molecule has 372 valence electrons. The Kier molecular flexibility index (Phi) is 11.5. The normalized spacial score (nSPS) is 21.4. The van der Waals surface area contributed by atoms with Crippen molar-refractivity contribution in [1.29, 1.82) is 0 Å². The van der Waals surface area contributed by atoms with Crippen molar-refractivity contribution < 1.29 is 10.2 Å². The number of benzene rings is 5. The molecule has 0 amide bonds. The molecule has 5 heterocycles. The quantitative estimate of drug-likeness (QED) is 0.104. The van der Waals surface area contributed by atoms with Crippen LogP contribution in [-0.2, 0) is 25.7 Å². The highest BCUT2D eigenvalue weighted by Gasteiger charge is 2.61. The van der Waals surface area contributed by atoms with Crippen LogP contribution in [-0.4, -0.2) is 55.7 Å². The third kappa shape index (κ3) is 7.72. The van der Waals surface area contributed by atoms with Crippen LogP contribution in [0, 0.1) is 29.1 Å². The van der Waals surface area contributed by atoms with E-state index < -0.39 is 5.60 Å². The zero-order valence-corrected chi connectivity index (χ0v) is 43.1. The predicted molar refractivity (Wildman–Crippen MR) is 296 cm³/mol. The number of aromatic nitrogens is 8. The number of hydrogen-bond acceptors (Lipinski definition) is 8. The average molecular weight is 977 g/mol. The third-order valence-corrected chi connectivity index (χ3v) is 17.8. The second-order valence-corrected chi connectivity index (χ2v) is 22.2. The van der Waals surface area contributed by atoms with Crippen molar-refractivity contribution in [3.8, 4) is 63.1 Å². The first-order chi connectivity index (χ1) is 36.1. The zero-order chi connectivity index (χ0) is 50.3. The summed E-state index contributed by atoms with van der Waals surface area (Å²) in [5, 5.41) is 26.8. The topological polar surface area (TPSA) is 149 Å². The number of nitrogens with one attached hydrogen (secondary N) is 2. The van der Waals surface area contributed by atoms with E-state index >= 15 is 0 Å². The maximum absolute atomic E-state index is 12.9. The van der Waals surface area contributed by atoms with Crippen LogP contribution in [0.3, 0.4) is 0 Å². The van der Waals surface area contributed by atoms with Gasteiger partial charge >= 0.3 is 0 Å². The van der Waals surface area contributed by atoms with Gasteiger partial charge in [-0.2, -0.15) is 0 Å². The fourth-order valence-electron chi connectivity index (χ4n) is 13.7. The van der Waals surface area contributed by atoms with E-state index in [2.05, 4.69) is 116 Å². The minimum atomic E-state index is -1.17. The van der Waals surface area contributed by atoms with Gasteiger partial charge in [-0.1, -0.05) is 113 Å². The molecular weight excluding hydrogens is 913 g/mol. The van der Waals surface area contributed by atoms with E-state index in [0.29, 0.717) is 75.8 Å². The molecule has 0 saturated heterocycles. The third-order valence-electron chi connectivity index (χ3n) is 17.8. The lowest BCUT2D eigenvalue weighted by molar-refractivity contribution is -0.0647. The molecule has 5 aromatic carbocycles. The number of aliphatic hydroxyl groups is 1. The van der Waals surface area contributed by atoms with Crippen molar-refractivity contribution >= 4 is 44.1 Å². The molecule has 4 N–H and O–H groups in total. The minimum Gasteiger partial charge on any atom is -0.508 e. The highest BCUT2D eigenvalue weighted by Crippen LogP contribution is 2.64. The van der Waals surface area contributed by atoms with Crippen LogP contribution in [0.25, 0.3) is 89.7 Å². The summed E-state index contributed by atoms with van der Waals surface area (Å²) >= 11 is 0. The van der Waals surface area contributed by atoms with Crippen molar-refractivity contribution in [1.82, 2.24) is 39.9 Å². The number of aromatic hydroxyl groups is 1. The molecule has 2 fully saturated rings. The van der Waals surface area contributed by atoms with Gasteiger partial charge in [0, 0.05) is 54.8 Å². The Morgan fingerprint density at radius 3 is 1.85 bits per heavy atom. The maximum Gasteiger partial charge on any atom is 0.164 e. The summed E-state index contributed by atoms with van der Waals surface area (Å²) in [5.41, 5.74) is 11.9. The second-order valence-electron chi connectivity index (χ2n) is 22.2. The first kappa shape index (κ1) is 46.6. The highest BCUT2D eigenvalue weighted by molar-refractivity contribution is 6.08. The van der Waals surface area contributed by atoms with Crippen LogP contribution < -0.4 is 0 Å². The van der Waals surface area contributed by atoms with Crippen LogP contribution >= 0.6 is 0 Å². The van der Waals surface area contributed by atoms with E-state index in [1.807, 2.05) is 24.3 Å². The number of nitrogens with zero attached hydrogens (tertiary/aromatic N) is 6. The summed E-state index contributed by atoms with van der Waals surface area (Å²) in [6.07, 6.45) is 15.0. The lowest BCUT2D eigenvalue weighted by Gasteiger charge is -2.52. The summed E-state index contributed by atoms with van der Waals surface area (Å²) in [6, 6.07) is 32.0.